The Morgan fingerprint density at radius 3 is 2.52 bits per heavy atom. The van der Waals surface area contributed by atoms with E-state index in [2.05, 4.69) is 33.1 Å². The quantitative estimate of drug-likeness (QED) is 0.734. The van der Waals surface area contributed by atoms with Crippen molar-refractivity contribution in [2.45, 2.75) is 26.8 Å². The zero-order valence-corrected chi connectivity index (χ0v) is 16.2. The molecule has 132 valence electrons. The van der Waals surface area contributed by atoms with E-state index in [4.69, 9.17) is 4.42 Å². The number of thiophene rings is 1. The van der Waals surface area contributed by atoms with Crippen LogP contribution in [0.1, 0.15) is 38.9 Å². The summed E-state index contributed by atoms with van der Waals surface area (Å²) in [6.45, 7) is 6.54. The first-order chi connectivity index (χ1) is 11.9. The van der Waals surface area contributed by atoms with Crippen LogP contribution in [-0.4, -0.2) is 31.4 Å². The number of likely N-dealkylation sites (N-methyl/N-ethyl adjacent to an activating group) is 1. The SMILES string of the molecule is Cc1ccc(C)c2c(C)c(C(=O)NCC(c3ccsc3)N(C)C)oc12. The number of hydrogen-bond acceptors (Lipinski definition) is 4. The molecule has 0 aliphatic rings. The third-order valence-corrected chi connectivity index (χ3v) is 5.40. The maximum absolute atomic E-state index is 12.7. The molecule has 0 bridgehead atoms. The second-order valence-electron chi connectivity index (χ2n) is 6.71. The highest BCUT2D eigenvalue weighted by molar-refractivity contribution is 7.07. The molecule has 2 aromatic heterocycles. The molecule has 2 heterocycles. The molecule has 0 aliphatic carbocycles. The molecule has 1 atom stereocenters. The Bertz CT molecular complexity index is 894. The molecule has 5 heteroatoms. The predicted octanol–water partition coefficient (Wildman–Crippen LogP) is 4.45. The summed E-state index contributed by atoms with van der Waals surface area (Å²) in [5.41, 5.74) is 5.11. The fraction of sp³-hybridized carbons (Fsp3) is 0.350. The standard InChI is InChI=1S/C20H24N2O2S/c1-12-6-7-13(2)18-17(12)14(3)19(24-18)20(23)21-10-16(22(4)5)15-8-9-25-11-15/h6-9,11,16H,10H2,1-5H3,(H,21,23). The lowest BCUT2D eigenvalue weighted by Gasteiger charge is -2.23. The molecular formula is C20H24N2O2S. The molecule has 3 aromatic rings. The highest BCUT2D eigenvalue weighted by atomic mass is 32.1. The van der Waals surface area contributed by atoms with Gasteiger partial charge in [-0.25, -0.2) is 0 Å². The molecule has 1 aromatic carbocycles. The van der Waals surface area contributed by atoms with E-state index >= 15 is 0 Å². The van der Waals surface area contributed by atoms with Crippen LogP contribution in [0.25, 0.3) is 11.0 Å². The molecule has 0 fully saturated rings. The van der Waals surface area contributed by atoms with Gasteiger partial charge in [-0.3, -0.25) is 4.79 Å². The van der Waals surface area contributed by atoms with Crippen molar-refractivity contribution in [2.75, 3.05) is 20.6 Å². The Morgan fingerprint density at radius 1 is 1.20 bits per heavy atom. The first-order valence-corrected chi connectivity index (χ1v) is 9.30. The van der Waals surface area contributed by atoms with Gasteiger partial charge in [0.15, 0.2) is 5.76 Å². The van der Waals surface area contributed by atoms with E-state index < -0.39 is 0 Å². The number of carbonyl (C=O) groups is 1. The van der Waals surface area contributed by atoms with Crippen LogP contribution in [0.3, 0.4) is 0 Å². The summed E-state index contributed by atoms with van der Waals surface area (Å²) in [5.74, 6) is 0.254. The van der Waals surface area contributed by atoms with Crippen LogP contribution >= 0.6 is 11.3 Å². The molecule has 0 aliphatic heterocycles. The van der Waals surface area contributed by atoms with E-state index in [0.29, 0.717) is 12.3 Å². The van der Waals surface area contributed by atoms with Gasteiger partial charge in [0.2, 0.25) is 0 Å². The summed E-state index contributed by atoms with van der Waals surface area (Å²) in [5, 5.41) is 8.27. The fourth-order valence-corrected chi connectivity index (χ4v) is 3.93. The molecule has 4 nitrogen and oxygen atoms in total. The van der Waals surface area contributed by atoms with Gasteiger partial charge in [0.1, 0.15) is 5.58 Å². The average Bonchev–Trinajstić information content (AvgIpc) is 3.19. The van der Waals surface area contributed by atoms with Gasteiger partial charge >= 0.3 is 0 Å². The number of nitrogens with one attached hydrogen (secondary N) is 1. The first kappa shape index (κ1) is 17.7. The first-order valence-electron chi connectivity index (χ1n) is 8.36. The van der Waals surface area contributed by atoms with Crippen LogP contribution in [0.2, 0.25) is 0 Å². The minimum absolute atomic E-state index is 0.142. The Labute approximate surface area is 152 Å². The number of rotatable bonds is 5. The lowest BCUT2D eigenvalue weighted by Crippen LogP contribution is -2.34. The van der Waals surface area contributed by atoms with Crippen LogP contribution < -0.4 is 5.32 Å². The predicted molar refractivity (Wildman–Crippen MR) is 104 cm³/mol. The summed E-state index contributed by atoms with van der Waals surface area (Å²) in [6.07, 6.45) is 0. The van der Waals surface area contributed by atoms with Crippen molar-refractivity contribution >= 4 is 28.2 Å². The monoisotopic (exact) mass is 356 g/mol. The molecule has 1 amide bonds. The van der Waals surface area contributed by atoms with E-state index in [1.165, 1.54) is 5.56 Å². The number of carbonyl (C=O) groups excluding carboxylic acids is 1. The van der Waals surface area contributed by atoms with Crippen molar-refractivity contribution in [2.24, 2.45) is 0 Å². The number of hydrogen-bond donors (Lipinski definition) is 1. The van der Waals surface area contributed by atoms with E-state index in [1.54, 1.807) is 11.3 Å². The largest absolute Gasteiger partial charge is 0.450 e. The lowest BCUT2D eigenvalue weighted by atomic mass is 10.0. The van der Waals surface area contributed by atoms with Gasteiger partial charge in [-0.2, -0.15) is 11.3 Å². The molecule has 0 saturated carbocycles. The number of amides is 1. The second kappa shape index (κ2) is 7.02. The Morgan fingerprint density at radius 2 is 1.92 bits per heavy atom. The summed E-state index contributed by atoms with van der Waals surface area (Å²) >= 11 is 1.67. The average molecular weight is 356 g/mol. The van der Waals surface area contributed by atoms with Gasteiger partial charge in [0.25, 0.3) is 5.91 Å². The number of benzene rings is 1. The van der Waals surface area contributed by atoms with Gasteiger partial charge in [0.05, 0.1) is 6.04 Å². The molecule has 25 heavy (non-hydrogen) atoms. The van der Waals surface area contributed by atoms with Gasteiger partial charge < -0.3 is 14.6 Å². The summed E-state index contributed by atoms with van der Waals surface area (Å²) in [4.78, 5) is 14.8. The maximum Gasteiger partial charge on any atom is 0.287 e. The number of fused-ring (bicyclic) bond motifs is 1. The summed E-state index contributed by atoms with van der Waals surface area (Å²) in [6, 6.07) is 6.34. The van der Waals surface area contributed by atoms with Gasteiger partial charge in [-0.15, -0.1) is 0 Å². The maximum atomic E-state index is 12.7. The fourth-order valence-electron chi connectivity index (χ4n) is 3.22. The molecular weight excluding hydrogens is 332 g/mol. The minimum Gasteiger partial charge on any atom is -0.450 e. The number of furan rings is 1. The minimum atomic E-state index is -0.158. The Balaban J connectivity index is 1.84. The zero-order chi connectivity index (χ0) is 18.1. The highest BCUT2D eigenvalue weighted by Crippen LogP contribution is 2.30. The molecule has 1 unspecified atom stereocenters. The van der Waals surface area contributed by atoms with Crippen molar-refractivity contribution in [1.82, 2.24) is 10.2 Å². The van der Waals surface area contributed by atoms with Crippen LogP contribution in [-0.2, 0) is 0 Å². The van der Waals surface area contributed by atoms with E-state index in [9.17, 15) is 4.79 Å². The third-order valence-electron chi connectivity index (χ3n) is 4.70. The Kier molecular flexibility index (Phi) is 4.97. The van der Waals surface area contributed by atoms with Gasteiger partial charge in [-0.05, 0) is 68.4 Å². The molecule has 0 radical (unpaired) electrons. The molecule has 0 saturated heterocycles. The molecule has 0 spiro atoms. The van der Waals surface area contributed by atoms with Crippen LogP contribution in [0.15, 0.2) is 33.4 Å². The van der Waals surface area contributed by atoms with E-state index in [1.807, 2.05) is 40.9 Å². The number of aryl methyl sites for hydroxylation is 3. The molecule has 3 rings (SSSR count). The second-order valence-corrected chi connectivity index (χ2v) is 7.49. The molecule has 1 N–H and O–H groups in total. The van der Waals surface area contributed by atoms with Crippen LogP contribution in [0, 0.1) is 20.8 Å². The number of nitrogens with zero attached hydrogens (tertiary/aromatic N) is 1. The summed E-state index contributed by atoms with van der Waals surface area (Å²) < 4.78 is 5.93. The zero-order valence-electron chi connectivity index (χ0n) is 15.3. The third kappa shape index (κ3) is 3.34. The van der Waals surface area contributed by atoms with Crippen LogP contribution in [0.4, 0.5) is 0 Å². The van der Waals surface area contributed by atoms with Crippen LogP contribution in [0.5, 0.6) is 0 Å². The topological polar surface area (TPSA) is 45.5 Å². The highest BCUT2D eigenvalue weighted by Gasteiger charge is 2.22. The smallest absolute Gasteiger partial charge is 0.287 e. The van der Waals surface area contributed by atoms with Gasteiger partial charge in [-0.1, -0.05) is 12.1 Å². The van der Waals surface area contributed by atoms with Crippen molar-refractivity contribution in [3.8, 4) is 0 Å². The summed E-state index contributed by atoms with van der Waals surface area (Å²) in [7, 11) is 4.04. The van der Waals surface area contributed by atoms with Crippen molar-refractivity contribution < 1.29 is 9.21 Å². The van der Waals surface area contributed by atoms with Gasteiger partial charge in [0, 0.05) is 17.5 Å². The Hall–Kier alpha value is -2.11. The van der Waals surface area contributed by atoms with Crippen molar-refractivity contribution in [1.29, 1.82) is 0 Å². The normalized spacial score (nSPS) is 12.7. The van der Waals surface area contributed by atoms with Crippen molar-refractivity contribution in [3.63, 3.8) is 0 Å². The van der Waals surface area contributed by atoms with E-state index in [0.717, 1.165) is 27.7 Å². The lowest BCUT2D eigenvalue weighted by molar-refractivity contribution is 0.0915. The van der Waals surface area contributed by atoms with E-state index in [-0.39, 0.29) is 11.9 Å². The van der Waals surface area contributed by atoms with Crippen molar-refractivity contribution in [3.05, 3.63) is 57.0 Å².